The van der Waals surface area contributed by atoms with E-state index in [4.69, 9.17) is 16.3 Å². The molecule has 3 rings (SSSR count). The van der Waals surface area contributed by atoms with Gasteiger partial charge in [-0.05, 0) is 55.5 Å². The Morgan fingerprint density at radius 1 is 1.42 bits per heavy atom. The summed E-state index contributed by atoms with van der Waals surface area (Å²) in [6.07, 6.45) is 0.456. The van der Waals surface area contributed by atoms with Crippen LogP contribution in [0.25, 0.3) is 11.3 Å². The van der Waals surface area contributed by atoms with Crippen molar-refractivity contribution in [2.75, 3.05) is 6.54 Å². The average Bonchev–Trinajstić information content (AvgIpc) is 2.91. The zero-order valence-electron chi connectivity index (χ0n) is 13.8. The highest BCUT2D eigenvalue weighted by Crippen LogP contribution is 2.31. The van der Waals surface area contributed by atoms with E-state index in [1.165, 1.54) is 0 Å². The van der Waals surface area contributed by atoms with Gasteiger partial charge < -0.3 is 9.64 Å². The highest BCUT2D eigenvalue weighted by atomic mass is 127. The third-order valence-corrected chi connectivity index (χ3v) is 5.32. The fourth-order valence-corrected chi connectivity index (χ4v) is 3.29. The van der Waals surface area contributed by atoms with Gasteiger partial charge in [-0.1, -0.05) is 17.7 Å². The number of carbonyl (C=O) groups excluding carboxylic acids is 1. The van der Waals surface area contributed by atoms with Crippen molar-refractivity contribution >= 4 is 40.3 Å². The van der Waals surface area contributed by atoms with Crippen LogP contribution in [-0.4, -0.2) is 33.3 Å². The summed E-state index contributed by atoms with van der Waals surface area (Å²) in [6, 6.07) is 5.83. The minimum absolute atomic E-state index is 0.286. The number of rotatable bonds is 1. The molecule has 1 aromatic carbocycles. The molecule has 0 spiro atoms. The quantitative estimate of drug-likeness (QED) is 0.633. The zero-order chi connectivity index (χ0) is 17.5. The smallest absolute Gasteiger partial charge is 0.410 e. The summed E-state index contributed by atoms with van der Waals surface area (Å²) >= 11 is 8.31. The van der Waals surface area contributed by atoms with E-state index in [9.17, 15) is 4.79 Å². The Hall–Kier alpha value is -1.28. The highest BCUT2D eigenvalue weighted by molar-refractivity contribution is 14.1. The highest BCUT2D eigenvalue weighted by Gasteiger charge is 2.28. The summed E-state index contributed by atoms with van der Waals surface area (Å²) in [4.78, 5) is 14.1. The van der Waals surface area contributed by atoms with Gasteiger partial charge in [-0.15, -0.1) is 0 Å². The van der Waals surface area contributed by atoms with E-state index in [0.29, 0.717) is 13.1 Å². The van der Waals surface area contributed by atoms with E-state index < -0.39 is 5.60 Å². The van der Waals surface area contributed by atoms with E-state index in [1.807, 2.05) is 39.0 Å². The zero-order valence-corrected chi connectivity index (χ0v) is 16.7. The lowest BCUT2D eigenvalue weighted by Crippen LogP contribution is -2.39. The molecule has 0 fully saturated rings. The lowest BCUT2D eigenvalue weighted by atomic mass is 10.0. The van der Waals surface area contributed by atoms with Crippen molar-refractivity contribution in [1.82, 2.24) is 15.1 Å². The molecular formula is C17H19ClIN3O2. The van der Waals surface area contributed by atoms with Crippen LogP contribution in [0.4, 0.5) is 4.79 Å². The number of fused-ring (bicyclic) bond motifs is 1. The fraction of sp³-hybridized carbons (Fsp3) is 0.412. The molecule has 1 N–H and O–H groups in total. The molecule has 0 saturated heterocycles. The molecule has 1 aliphatic heterocycles. The summed E-state index contributed by atoms with van der Waals surface area (Å²) in [5.41, 5.74) is 3.49. The summed E-state index contributed by atoms with van der Waals surface area (Å²) < 4.78 is 6.46. The SMILES string of the molecule is CC(C)(C)OC(=O)N1CCc2[nH]nc(-c3ccc(Cl)c(I)c3)c2C1. The predicted molar refractivity (Wildman–Crippen MR) is 102 cm³/mol. The molecular weight excluding hydrogens is 441 g/mol. The number of carbonyl (C=O) groups is 1. The molecule has 128 valence electrons. The van der Waals surface area contributed by atoms with Crippen LogP contribution in [0, 0.1) is 3.57 Å². The molecule has 5 nitrogen and oxygen atoms in total. The maximum absolute atomic E-state index is 12.3. The number of aromatic amines is 1. The number of benzene rings is 1. The minimum atomic E-state index is -0.497. The summed E-state index contributed by atoms with van der Waals surface area (Å²) in [5.74, 6) is 0. The van der Waals surface area contributed by atoms with Gasteiger partial charge in [0.05, 0.1) is 17.3 Å². The number of nitrogens with one attached hydrogen (secondary N) is 1. The van der Waals surface area contributed by atoms with E-state index in [2.05, 4.69) is 32.8 Å². The summed E-state index contributed by atoms with van der Waals surface area (Å²) in [6.45, 7) is 6.74. The van der Waals surface area contributed by atoms with Gasteiger partial charge in [0.2, 0.25) is 0 Å². The van der Waals surface area contributed by atoms with E-state index in [1.54, 1.807) is 4.90 Å². The van der Waals surface area contributed by atoms with Crippen LogP contribution in [0.5, 0.6) is 0 Å². The Labute approximate surface area is 159 Å². The molecule has 2 aromatic rings. The molecule has 0 aliphatic carbocycles. The van der Waals surface area contributed by atoms with Gasteiger partial charge >= 0.3 is 6.09 Å². The molecule has 0 unspecified atom stereocenters. The first kappa shape index (κ1) is 17.5. The summed E-state index contributed by atoms with van der Waals surface area (Å²) in [7, 11) is 0. The minimum Gasteiger partial charge on any atom is -0.444 e. The van der Waals surface area contributed by atoms with Crippen molar-refractivity contribution in [3.63, 3.8) is 0 Å². The van der Waals surface area contributed by atoms with E-state index in [0.717, 1.165) is 37.5 Å². The Bertz CT molecular complexity index is 783. The normalized spacial score (nSPS) is 14.5. The number of nitrogens with zero attached hydrogens (tertiary/aromatic N) is 2. The van der Waals surface area contributed by atoms with Crippen LogP contribution >= 0.6 is 34.2 Å². The third kappa shape index (κ3) is 3.69. The Morgan fingerprint density at radius 3 is 2.83 bits per heavy atom. The molecule has 0 bridgehead atoms. The molecule has 1 aromatic heterocycles. The van der Waals surface area contributed by atoms with E-state index in [-0.39, 0.29) is 6.09 Å². The van der Waals surface area contributed by atoms with Crippen LogP contribution < -0.4 is 0 Å². The molecule has 7 heteroatoms. The molecule has 0 saturated carbocycles. The molecule has 1 aliphatic rings. The average molecular weight is 460 g/mol. The van der Waals surface area contributed by atoms with E-state index >= 15 is 0 Å². The number of halogens is 2. The lowest BCUT2D eigenvalue weighted by Gasteiger charge is -2.30. The van der Waals surface area contributed by atoms with Crippen molar-refractivity contribution in [3.05, 3.63) is 38.0 Å². The lowest BCUT2D eigenvalue weighted by molar-refractivity contribution is 0.0224. The monoisotopic (exact) mass is 459 g/mol. The van der Waals surface area contributed by atoms with Gasteiger partial charge in [-0.2, -0.15) is 5.10 Å². The number of amides is 1. The Morgan fingerprint density at radius 2 is 2.17 bits per heavy atom. The largest absolute Gasteiger partial charge is 0.444 e. The van der Waals surface area contributed by atoms with Gasteiger partial charge in [-0.3, -0.25) is 5.10 Å². The third-order valence-electron chi connectivity index (χ3n) is 3.78. The van der Waals surface area contributed by atoms with Crippen molar-refractivity contribution < 1.29 is 9.53 Å². The fourth-order valence-electron chi connectivity index (χ4n) is 2.66. The second-order valence-corrected chi connectivity index (χ2v) is 8.38. The van der Waals surface area contributed by atoms with Crippen LogP contribution in [0.2, 0.25) is 5.02 Å². The summed E-state index contributed by atoms with van der Waals surface area (Å²) in [5, 5.41) is 8.28. The number of H-pyrrole nitrogens is 1. The van der Waals surface area contributed by atoms with Crippen LogP contribution in [0.3, 0.4) is 0 Å². The first-order chi connectivity index (χ1) is 11.2. The molecule has 24 heavy (non-hydrogen) atoms. The maximum Gasteiger partial charge on any atom is 0.410 e. The number of hydrogen-bond donors (Lipinski definition) is 1. The number of ether oxygens (including phenoxy) is 1. The Kier molecular flexibility index (Phi) is 4.79. The van der Waals surface area contributed by atoms with Crippen molar-refractivity contribution in [2.24, 2.45) is 0 Å². The van der Waals surface area contributed by atoms with Crippen LogP contribution in [-0.2, 0) is 17.7 Å². The molecule has 0 atom stereocenters. The molecule has 0 radical (unpaired) electrons. The van der Waals surface area contributed by atoms with Gasteiger partial charge in [0.1, 0.15) is 5.60 Å². The van der Waals surface area contributed by atoms with Crippen LogP contribution in [0.15, 0.2) is 18.2 Å². The second-order valence-electron chi connectivity index (χ2n) is 6.81. The number of aromatic nitrogens is 2. The van der Waals surface area contributed by atoms with Gasteiger partial charge in [-0.25, -0.2) is 4.79 Å². The van der Waals surface area contributed by atoms with Gasteiger partial charge in [0.15, 0.2) is 0 Å². The molecule has 1 amide bonds. The second kappa shape index (κ2) is 6.55. The number of hydrogen-bond acceptors (Lipinski definition) is 3. The predicted octanol–water partition coefficient (Wildman–Crippen LogP) is 4.63. The van der Waals surface area contributed by atoms with Gasteiger partial charge in [0.25, 0.3) is 0 Å². The van der Waals surface area contributed by atoms with Crippen LogP contribution in [0.1, 0.15) is 32.0 Å². The Balaban J connectivity index is 1.87. The topological polar surface area (TPSA) is 58.2 Å². The first-order valence-electron chi connectivity index (χ1n) is 7.74. The van der Waals surface area contributed by atoms with Crippen molar-refractivity contribution in [3.8, 4) is 11.3 Å². The standard InChI is InChI=1S/C17H19ClIN3O2/c1-17(2,3)24-16(23)22-7-6-14-11(9-22)15(21-20-14)10-4-5-12(18)13(19)8-10/h4-5,8H,6-7,9H2,1-3H3,(H,20,21). The first-order valence-corrected chi connectivity index (χ1v) is 9.20. The van der Waals surface area contributed by atoms with Crippen molar-refractivity contribution in [2.45, 2.75) is 39.3 Å². The van der Waals surface area contributed by atoms with Gasteiger partial charge in [0, 0.05) is 33.4 Å². The maximum atomic E-state index is 12.3. The molecule has 2 heterocycles. The van der Waals surface area contributed by atoms with Crippen molar-refractivity contribution in [1.29, 1.82) is 0 Å².